The zero-order chi connectivity index (χ0) is 15.0. The first kappa shape index (κ1) is 17.4. The van der Waals surface area contributed by atoms with E-state index < -0.39 is 0 Å². The molecule has 23 heavy (non-hydrogen) atoms. The van der Waals surface area contributed by atoms with Crippen LogP contribution in [0.15, 0.2) is 59.9 Å². The quantitative estimate of drug-likeness (QED) is 0.522. The molecule has 0 aliphatic heterocycles. The van der Waals surface area contributed by atoms with Crippen molar-refractivity contribution in [3.8, 4) is 5.69 Å². The number of nitrogens with one attached hydrogen (secondary N) is 1. The molecule has 0 aliphatic rings. The molecule has 120 valence electrons. The fourth-order valence-corrected chi connectivity index (χ4v) is 2.72. The van der Waals surface area contributed by atoms with Gasteiger partial charge in [0.05, 0.1) is 11.4 Å². The number of thioether (sulfide) groups is 1. The molecule has 0 saturated carbocycles. The summed E-state index contributed by atoms with van der Waals surface area (Å²) < 4.78 is 1.75. The van der Waals surface area contributed by atoms with Crippen molar-refractivity contribution in [3.05, 3.63) is 60.4 Å². The third-order valence-corrected chi connectivity index (χ3v) is 3.90. The number of hydrogen-bond donors (Lipinski definition) is 1. The summed E-state index contributed by atoms with van der Waals surface area (Å²) in [6.45, 7) is 1.63. The van der Waals surface area contributed by atoms with Crippen LogP contribution in [0.3, 0.4) is 0 Å². The van der Waals surface area contributed by atoms with Gasteiger partial charge in [0.25, 0.3) is 0 Å². The Balaban J connectivity index is 0.00000192. The van der Waals surface area contributed by atoms with Crippen LogP contribution in [0.1, 0.15) is 5.69 Å². The SMILES string of the molecule is Cl.c1ccc(-n2nnnc2SCCNCc2ccccn2)cc1. The molecule has 0 unspecified atom stereocenters. The number of aromatic nitrogens is 5. The Kier molecular flexibility index (Phi) is 6.99. The van der Waals surface area contributed by atoms with Crippen molar-refractivity contribution in [1.29, 1.82) is 0 Å². The lowest BCUT2D eigenvalue weighted by Crippen LogP contribution is -2.17. The van der Waals surface area contributed by atoms with Crippen LogP contribution in [0.25, 0.3) is 5.69 Å². The Hall–Kier alpha value is -1.96. The Morgan fingerprint density at radius 3 is 2.65 bits per heavy atom. The molecule has 0 aliphatic carbocycles. The standard InChI is InChI=1S/C15H16N6S.ClH/c1-2-7-14(8-3-1)21-15(18-19-20-21)22-11-10-16-12-13-6-4-5-9-17-13;/h1-9,16H,10-12H2;1H. The average Bonchev–Trinajstić information content (AvgIpc) is 3.05. The molecule has 1 N–H and O–H groups in total. The Labute approximate surface area is 145 Å². The van der Waals surface area contributed by atoms with Crippen molar-refractivity contribution >= 4 is 24.2 Å². The van der Waals surface area contributed by atoms with Crippen LogP contribution in [-0.2, 0) is 6.54 Å². The molecule has 0 amide bonds. The average molecular weight is 349 g/mol. The summed E-state index contributed by atoms with van der Waals surface area (Å²) in [5.74, 6) is 0.889. The molecule has 0 atom stereocenters. The third kappa shape index (κ3) is 5.02. The molecule has 6 nitrogen and oxygen atoms in total. The number of benzene rings is 1. The number of pyridine rings is 1. The van der Waals surface area contributed by atoms with Gasteiger partial charge in [0.15, 0.2) is 0 Å². The van der Waals surface area contributed by atoms with Gasteiger partial charge in [-0.25, -0.2) is 0 Å². The highest BCUT2D eigenvalue weighted by molar-refractivity contribution is 7.99. The predicted octanol–water partition coefficient (Wildman–Crippen LogP) is 2.36. The number of rotatable bonds is 7. The summed E-state index contributed by atoms with van der Waals surface area (Å²) in [6, 6.07) is 15.8. The largest absolute Gasteiger partial charge is 0.310 e. The number of hydrogen-bond acceptors (Lipinski definition) is 6. The fraction of sp³-hybridized carbons (Fsp3) is 0.200. The van der Waals surface area contributed by atoms with Crippen molar-refractivity contribution < 1.29 is 0 Å². The van der Waals surface area contributed by atoms with E-state index in [1.54, 1.807) is 22.6 Å². The highest BCUT2D eigenvalue weighted by Crippen LogP contribution is 2.17. The number of tetrazole rings is 1. The second-order valence-corrected chi connectivity index (χ2v) is 5.62. The Morgan fingerprint density at radius 1 is 1.04 bits per heavy atom. The van der Waals surface area contributed by atoms with Crippen molar-refractivity contribution in [2.45, 2.75) is 11.7 Å². The summed E-state index contributed by atoms with van der Waals surface area (Å²) >= 11 is 1.63. The van der Waals surface area contributed by atoms with E-state index in [-0.39, 0.29) is 12.4 Å². The smallest absolute Gasteiger partial charge is 0.214 e. The summed E-state index contributed by atoms with van der Waals surface area (Å²) in [4.78, 5) is 4.27. The maximum absolute atomic E-state index is 4.27. The number of halogens is 1. The predicted molar refractivity (Wildman–Crippen MR) is 93.1 cm³/mol. The van der Waals surface area contributed by atoms with Crippen LogP contribution in [0.5, 0.6) is 0 Å². The van der Waals surface area contributed by atoms with E-state index in [0.29, 0.717) is 0 Å². The van der Waals surface area contributed by atoms with Gasteiger partial charge in [0, 0.05) is 25.0 Å². The molecule has 0 bridgehead atoms. The lowest BCUT2D eigenvalue weighted by atomic mass is 10.3. The molecule has 0 spiro atoms. The number of para-hydroxylation sites is 1. The van der Waals surface area contributed by atoms with E-state index in [0.717, 1.165) is 35.4 Å². The molecule has 0 saturated heterocycles. The second kappa shape index (κ2) is 9.24. The zero-order valence-corrected chi connectivity index (χ0v) is 14.0. The summed E-state index contributed by atoms with van der Waals surface area (Å²) in [7, 11) is 0. The Bertz CT molecular complexity index is 691. The van der Waals surface area contributed by atoms with E-state index in [1.807, 2.05) is 48.5 Å². The highest BCUT2D eigenvalue weighted by atomic mass is 35.5. The van der Waals surface area contributed by atoms with Gasteiger partial charge in [-0.05, 0) is 34.7 Å². The normalized spacial score (nSPS) is 10.3. The van der Waals surface area contributed by atoms with Crippen LogP contribution < -0.4 is 5.32 Å². The molecule has 3 aromatic rings. The molecular formula is C15H17ClN6S. The molecule has 0 fully saturated rings. The minimum Gasteiger partial charge on any atom is -0.310 e. The van der Waals surface area contributed by atoms with Gasteiger partial charge < -0.3 is 5.32 Å². The Morgan fingerprint density at radius 2 is 1.87 bits per heavy atom. The van der Waals surface area contributed by atoms with Crippen LogP contribution >= 0.6 is 24.2 Å². The van der Waals surface area contributed by atoms with Gasteiger partial charge in [-0.15, -0.1) is 17.5 Å². The molecular weight excluding hydrogens is 332 g/mol. The second-order valence-electron chi connectivity index (χ2n) is 4.56. The van der Waals surface area contributed by atoms with Crippen LogP contribution in [-0.4, -0.2) is 37.5 Å². The van der Waals surface area contributed by atoms with Crippen LogP contribution in [0.4, 0.5) is 0 Å². The van der Waals surface area contributed by atoms with Crippen LogP contribution in [0, 0.1) is 0 Å². The number of nitrogens with zero attached hydrogens (tertiary/aromatic N) is 5. The first-order valence-corrected chi connectivity index (χ1v) is 7.99. The maximum Gasteiger partial charge on any atom is 0.214 e. The van der Waals surface area contributed by atoms with Crippen molar-refractivity contribution in [2.24, 2.45) is 0 Å². The van der Waals surface area contributed by atoms with E-state index in [1.165, 1.54) is 0 Å². The zero-order valence-electron chi connectivity index (χ0n) is 12.4. The van der Waals surface area contributed by atoms with E-state index >= 15 is 0 Å². The summed E-state index contributed by atoms with van der Waals surface area (Å²) in [6.07, 6.45) is 1.81. The van der Waals surface area contributed by atoms with E-state index in [9.17, 15) is 0 Å². The van der Waals surface area contributed by atoms with Crippen LogP contribution in [0.2, 0.25) is 0 Å². The molecule has 1 aromatic carbocycles. The van der Waals surface area contributed by atoms with Gasteiger partial charge in [0.2, 0.25) is 5.16 Å². The third-order valence-electron chi connectivity index (χ3n) is 2.98. The topological polar surface area (TPSA) is 68.5 Å². The van der Waals surface area contributed by atoms with Crippen molar-refractivity contribution in [1.82, 2.24) is 30.5 Å². The van der Waals surface area contributed by atoms with Gasteiger partial charge in [-0.2, -0.15) is 4.68 Å². The first-order chi connectivity index (χ1) is 10.9. The molecule has 3 rings (SSSR count). The van der Waals surface area contributed by atoms with Gasteiger partial charge >= 0.3 is 0 Å². The lowest BCUT2D eigenvalue weighted by molar-refractivity contribution is 0.713. The molecule has 2 aromatic heterocycles. The minimum atomic E-state index is 0. The van der Waals surface area contributed by atoms with E-state index in [2.05, 4.69) is 25.8 Å². The summed E-state index contributed by atoms with van der Waals surface area (Å²) in [5, 5.41) is 16.0. The first-order valence-electron chi connectivity index (χ1n) is 7.01. The van der Waals surface area contributed by atoms with Gasteiger partial charge in [0.1, 0.15) is 0 Å². The van der Waals surface area contributed by atoms with Crippen molar-refractivity contribution in [2.75, 3.05) is 12.3 Å². The maximum atomic E-state index is 4.27. The fourth-order valence-electron chi connectivity index (χ4n) is 1.93. The van der Waals surface area contributed by atoms with Gasteiger partial charge in [-0.1, -0.05) is 36.0 Å². The molecule has 0 radical (unpaired) electrons. The van der Waals surface area contributed by atoms with E-state index in [4.69, 9.17) is 0 Å². The summed E-state index contributed by atoms with van der Waals surface area (Å²) in [5.41, 5.74) is 2.01. The monoisotopic (exact) mass is 348 g/mol. The minimum absolute atomic E-state index is 0. The van der Waals surface area contributed by atoms with Crippen molar-refractivity contribution in [3.63, 3.8) is 0 Å². The van der Waals surface area contributed by atoms with Gasteiger partial charge in [-0.3, -0.25) is 4.98 Å². The lowest BCUT2D eigenvalue weighted by Gasteiger charge is -2.05. The molecule has 8 heteroatoms. The highest BCUT2D eigenvalue weighted by Gasteiger charge is 2.07. The molecule has 2 heterocycles.